The lowest BCUT2D eigenvalue weighted by Gasteiger charge is -2.03. The largest absolute Gasteiger partial charge is 0.358 e. The summed E-state index contributed by atoms with van der Waals surface area (Å²) in [5, 5.41) is 5.14. The van der Waals surface area contributed by atoms with E-state index >= 15 is 0 Å². The number of halogens is 1. The normalized spacial score (nSPS) is 9.47. The number of nitrogens with one attached hydrogen (secondary N) is 2. The van der Waals surface area contributed by atoms with E-state index in [2.05, 4.69) is 15.6 Å². The van der Waals surface area contributed by atoms with Crippen molar-refractivity contribution in [3.8, 4) is 0 Å². The van der Waals surface area contributed by atoms with E-state index in [1.165, 1.54) is 25.4 Å². The first-order chi connectivity index (χ1) is 7.13. The van der Waals surface area contributed by atoms with Crippen LogP contribution in [0.5, 0.6) is 0 Å². The van der Waals surface area contributed by atoms with Crippen molar-refractivity contribution in [2.24, 2.45) is 0 Å². The molecule has 0 radical (unpaired) electrons. The molecular weight excluding hydrogens is 218 g/mol. The Morgan fingerprint density at radius 2 is 2.20 bits per heavy atom. The number of nitrogens with zero attached hydrogens (tertiary/aromatic N) is 1. The molecule has 1 aromatic heterocycles. The Bertz CT molecular complexity index is 364. The molecule has 1 heterocycles. The molecule has 1 aromatic rings. The van der Waals surface area contributed by atoms with Crippen LogP contribution >= 0.6 is 11.6 Å². The fraction of sp³-hybridized carbons (Fsp3) is 0.222. The van der Waals surface area contributed by atoms with E-state index in [-0.39, 0.29) is 18.4 Å². The average molecular weight is 228 g/mol. The first-order valence-electron chi connectivity index (χ1n) is 4.24. The zero-order valence-electron chi connectivity index (χ0n) is 8.08. The Morgan fingerprint density at radius 1 is 1.47 bits per heavy atom. The molecule has 5 nitrogen and oxygen atoms in total. The molecule has 1 rings (SSSR count). The minimum atomic E-state index is -0.359. The SMILES string of the molecule is CNC(=O)CNC(=O)c1ccc(Cl)nc1. The van der Waals surface area contributed by atoms with Crippen molar-refractivity contribution in [3.63, 3.8) is 0 Å². The smallest absolute Gasteiger partial charge is 0.253 e. The maximum Gasteiger partial charge on any atom is 0.253 e. The molecule has 0 saturated heterocycles. The summed E-state index contributed by atoms with van der Waals surface area (Å²) in [4.78, 5) is 26.0. The second-order valence-corrected chi connectivity index (χ2v) is 3.11. The van der Waals surface area contributed by atoms with E-state index in [1.807, 2.05) is 0 Å². The quantitative estimate of drug-likeness (QED) is 0.726. The van der Waals surface area contributed by atoms with Crippen LogP contribution in [0.1, 0.15) is 10.4 Å². The van der Waals surface area contributed by atoms with E-state index in [9.17, 15) is 9.59 Å². The minimum absolute atomic E-state index is 0.0576. The lowest BCUT2D eigenvalue weighted by atomic mass is 10.3. The van der Waals surface area contributed by atoms with Gasteiger partial charge in [0.25, 0.3) is 5.91 Å². The molecule has 2 N–H and O–H groups in total. The van der Waals surface area contributed by atoms with Gasteiger partial charge in [-0.15, -0.1) is 0 Å². The van der Waals surface area contributed by atoms with Crippen molar-refractivity contribution in [3.05, 3.63) is 29.0 Å². The highest BCUT2D eigenvalue weighted by molar-refractivity contribution is 6.29. The molecule has 0 aliphatic carbocycles. The standard InChI is InChI=1S/C9H10ClN3O2/c1-11-8(14)5-13-9(15)6-2-3-7(10)12-4-6/h2-4H,5H2,1H3,(H,11,14)(H,13,15). The second kappa shape index (κ2) is 5.31. The van der Waals surface area contributed by atoms with E-state index < -0.39 is 0 Å². The van der Waals surface area contributed by atoms with E-state index in [1.54, 1.807) is 0 Å². The van der Waals surface area contributed by atoms with Crippen molar-refractivity contribution >= 4 is 23.4 Å². The summed E-state index contributed by atoms with van der Waals surface area (Å²) in [6.45, 7) is -0.0576. The summed E-state index contributed by atoms with van der Waals surface area (Å²) in [7, 11) is 1.50. The van der Waals surface area contributed by atoms with Gasteiger partial charge in [-0.25, -0.2) is 4.98 Å². The lowest BCUT2D eigenvalue weighted by molar-refractivity contribution is -0.119. The number of carbonyl (C=O) groups is 2. The number of likely N-dealkylation sites (N-methyl/N-ethyl adjacent to an activating group) is 1. The second-order valence-electron chi connectivity index (χ2n) is 2.73. The molecular formula is C9H10ClN3O2. The number of amides is 2. The topological polar surface area (TPSA) is 71.1 Å². The number of pyridine rings is 1. The summed E-state index contributed by atoms with van der Waals surface area (Å²) < 4.78 is 0. The summed E-state index contributed by atoms with van der Waals surface area (Å²) in [6.07, 6.45) is 1.35. The first-order valence-corrected chi connectivity index (χ1v) is 4.61. The van der Waals surface area contributed by atoms with Crippen molar-refractivity contribution in [2.75, 3.05) is 13.6 Å². The minimum Gasteiger partial charge on any atom is -0.358 e. The van der Waals surface area contributed by atoms with Gasteiger partial charge >= 0.3 is 0 Å². The highest BCUT2D eigenvalue weighted by Crippen LogP contribution is 2.04. The van der Waals surface area contributed by atoms with Gasteiger partial charge in [-0.2, -0.15) is 0 Å². The van der Waals surface area contributed by atoms with Crippen LogP contribution in [-0.4, -0.2) is 30.4 Å². The number of rotatable bonds is 3. The average Bonchev–Trinajstić information content (AvgIpc) is 2.26. The van der Waals surface area contributed by atoms with Crippen LogP contribution in [0.15, 0.2) is 18.3 Å². The zero-order chi connectivity index (χ0) is 11.3. The van der Waals surface area contributed by atoms with E-state index in [0.29, 0.717) is 10.7 Å². The third-order valence-corrected chi connectivity index (χ3v) is 1.90. The molecule has 0 unspecified atom stereocenters. The van der Waals surface area contributed by atoms with Crippen LogP contribution in [0.3, 0.4) is 0 Å². The highest BCUT2D eigenvalue weighted by atomic mass is 35.5. The summed E-state index contributed by atoms with van der Waals surface area (Å²) in [6, 6.07) is 3.05. The van der Waals surface area contributed by atoms with Gasteiger partial charge in [-0.1, -0.05) is 11.6 Å². The van der Waals surface area contributed by atoms with Gasteiger partial charge in [0, 0.05) is 13.2 Å². The number of hydrogen-bond donors (Lipinski definition) is 2. The molecule has 0 atom stereocenters. The Balaban J connectivity index is 2.54. The Labute approximate surface area is 91.8 Å². The molecule has 0 bridgehead atoms. The number of hydrogen-bond acceptors (Lipinski definition) is 3. The lowest BCUT2D eigenvalue weighted by Crippen LogP contribution is -2.35. The highest BCUT2D eigenvalue weighted by Gasteiger charge is 2.06. The van der Waals surface area contributed by atoms with E-state index in [0.717, 1.165) is 0 Å². The van der Waals surface area contributed by atoms with Crippen LogP contribution in [0, 0.1) is 0 Å². The van der Waals surface area contributed by atoms with Crippen LogP contribution < -0.4 is 10.6 Å². The van der Waals surface area contributed by atoms with Crippen LogP contribution in [0.4, 0.5) is 0 Å². The summed E-state index contributed by atoms with van der Waals surface area (Å²) >= 11 is 5.56. The maximum absolute atomic E-state index is 11.4. The fourth-order valence-electron chi connectivity index (χ4n) is 0.861. The molecule has 0 fully saturated rings. The van der Waals surface area contributed by atoms with Gasteiger partial charge in [-0.05, 0) is 12.1 Å². The molecule has 15 heavy (non-hydrogen) atoms. The predicted octanol–water partition coefficient (Wildman–Crippen LogP) is 0.211. The Morgan fingerprint density at radius 3 is 2.73 bits per heavy atom. The monoisotopic (exact) mass is 227 g/mol. The van der Waals surface area contributed by atoms with Gasteiger partial charge in [0.1, 0.15) is 5.15 Å². The molecule has 6 heteroatoms. The predicted molar refractivity (Wildman–Crippen MR) is 55.6 cm³/mol. The molecule has 0 aliphatic rings. The molecule has 2 amide bonds. The van der Waals surface area contributed by atoms with Gasteiger partial charge < -0.3 is 10.6 Å². The Kier molecular flexibility index (Phi) is 4.05. The van der Waals surface area contributed by atoms with Crippen molar-refractivity contribution in [1.29, 1.82) is 0 Å². The fourth-order valence-corrected chi connectivity index (χ4v) is 0.973. The number of aromatic nitrogens is 1. The molecule has 80 valence electrons. The Hall–Kier alpha value is -1.62. The van der Waals surface area contributed by atoms with Crippen molar-refractivity contribution in [2.45, 2.75) is 0 Å². The maximum atomic E-state index is 11.4. The van der Waals surface area contributed by atoms with E-state index in [4.69, 9.17) is 11.6 Å². The van der Waals surface area contributed by atoms with Crippen LogP contribution in [0.25, 0.3) is 0 Å². The van der Waals surface area contributed by atoms with Crippen LogP contribution in [0.2, 0.25) is 5.15 Å². The van der Waals surface area contributed by atoms with Gasteiger partial charge in [-0.3, -0.25) is 9.59 Å². The number of carbonyl (C=O) groups excluding carboxylic acids is 2. The third kappa shape index (κ3) is 3.55. The van der Waals surface area contributed by atoms with Crippen molar-refractivity contribution in [1.82, 2.24) is 15.6 Å². The zero-order valence-corrected chi connectivity index (χ0v) is 8.84. The summed E-state index contributed by atoms with van der Waals surface area (Å²) in [5.41, 5.74) is 0.364. The molecule has 0 aromatic carbocycles. The van der Waals surface area contributed by atoms with Gasteiger partial charge in [0.05, 0.1) is 12.1 Å². The third-order valence-electron chi connectivity index (χ3n) is 1.68. The van der Waals surface area contributed by atoms with Gasteiger partial charge in [0.15, 0.2) is 0 Å². The van der Waals surface area contributed by atoms with Gasteiger partial charge in [0.2, 0.25) is 5.91 Å². The molecule has 0 saturated carbocycles. The molecule has 0 aliphatic heterocycles. The first kappa shape index (κ1) is 11.5. The summed E-state index contributed by atoms with van der Waals surface area (Å²) in [5.74, 6) is -0.618. The molecule has 0 spiro atoms. The van der Waals surface area contributed by atoms with Crippen molar-refractivity contribution < 1.29 is 9.59 Å². The van der Waals surface area contributed by atoms with Crippen LogP contribution in [-0.2, 0) is 4.79 Å².